The highest BCUT2D eigenvalue weighted by Gasteiger charge is 2.19. The lowest BCUT2D eigenvalue weighted by Gasteiger charge is -2.31. The van der Waals surface area contributed by atoms with E-state index in [0.717, 1.165) is 42.6 Å². The zero-order valence-electron chi connectivity index (χ0n) is 15.3. The number of piperidine rings is 1. The molecule has 0 saturated carbocycles. The molecule has 1 saturated heterocycles. The van der Waals surface area contributed by atoms with Crippen LogP contribution < -0.4 is 10.6 Å². The van der Waals surface area contributed by atoms with Gasteiger partial charge in [-0.2, -0.15) is 5.10 Å². The van der Waals surface area contributed by atoms with E-state index in [-0.39, 0.29) is 12.6 Å². The Labute approximate surface area is 144 Å². The summed E-state index contributed by atoms with van der Waals surface area (Å²) < 4.78 is 1.86. The first-order chi connectivity index (χ1) is 11.4. The molecule has 1 atom stereocenters. The average molecular weight is 337 g/mol. The van der Waals surface area contributed by atoms with Gasteiger partial charge in [0, 0.05) is 19.6 Å². The van der Waals surface area contributed by atoms with E-state index < -0.39 is 6.10 Å². The molecule has 7 heteroatoms. The number of amides is 2. The molecule has 1 unspecified atom stereocenters. The van der Waals surface area contributed by atoms with Gasteiger partial charge in [-0.1, -0.05) is 6.92 Å². The number of β-amino-alcohol motifs (C(OH)–C–C–N with tert-alkyl or cyclic N) is 1. The number of anilines is 1. The van der Waals surface area contributed by atoms with Crippen LogP contribution in [0.15, 0.2) is 0 Å². The van der Waals surface area contributed by atoms with Crippen LogP contribution in [0.4, 0.5) is 10.5 Å². The van der Waals surface area contributed by atoms with Gasteiger partial charge in [0.05, 0.1) is 23.2 Å². The summed E-state index contributed by atoms with van der Waals surface area (Å²) >= 11 is 0. The summed E-state index contributed by atoms with van der Waals surface area (Å²) in [4.78, 5) is 14.3. The van der Waals surface area contributed by atoms with Gasteiger partial charge in [-0.05, 0) is 52.6 Å². The molecule has 24 heavy (non-hydrogen) atoms. The molecular weight excluding hydrogens is 306 g/mol. The Bertz CT molecular complexity index is 549. The third-order valence-corrected chi connectivity index (χ3v) is 4.76. The van der Waals surface area contributed by atoms with Crippen LogP contribution in [-0.4, -0.2) is 58.1 Å². The van der Waals surface area contributed by atoms with Crippen molar-refractivity contribution in [2.24, 2.45) is 5.92 Å². The van der Waals surface area contributed by atoms with Gasteiger partial charge in [0.15, 0.2) is 0 Å². The maximum atomic E-state index is 12.1. The topological polar surface area (TPSA) is 82.4 Å². The smallest absolute Gasteiger partial charge is 0.319 e. The molecule has 2 amide bonds. The Morgan fingerprint density at radius 2 is 2.04 bits per heavy atom. The monoisotopic (exact) mass is 337 g/mol. The number of carbonyl (C=O) groups is 1. The second-order valence-corrected chi connectivity index (χ2v) is 6.83. The Hall–Kier alpha value is -1.60. The maximum Gasteiger partial charge on any atom is 0.319 e. The first-order valence-electron chi connectivity index (χ1n) is 8.90. The fraction of sp³-hybridized carbons (Fsp3) is 0.765. The second-order valence-electron chi connectivity index (χ2n) is 6.83. The van der Waals surface area contributed by atoms with Crippen molar-refractivity contribution in [2.75, 3.05) is 31.5 Å². The van der Waals surface area contributed by atoms with Crippen LogP contribution in [0.5, 0.6) is 0 Å². The van der Waals surface area contributed by atoms with Crippen LogP contribution in [0.25, 0.3) is 0 Å². The number of carbonyl (C=O) groups excluding carboxylic acids is 1. The van der Waals surface area contributed by atoms with Crippen molar-refractivity contribution in [3.05, 3.63) is 11.4 Å². The SMILES string of the molecule is CCn1nc(C)c(NC(=O)NCC(O)CN2CCC(C)CC2)c1C. The van der Waals surface area contributed by atoms with Crippen LogP contribution >= 0.6 is 0 Å². The molecule has 0 aromatic carbocycles. The van der Waals surface area contributed by atoms with Gasteiger partial charge in [0.25, 0.3) is 0 Å². The summed E-state index contributed by atoms with van der Waals surface area (Å²) in [6, 6.07) is -0.303. The molecule has 1 aliphatic heterocycles. The zero-order valence-corrected chi connectivity index (χ0v) is 15.3. The third kappa shape index (κ3) is 4.95. The molecule has 2 rings (SSSR count). The van der Waals surface area contributed by atoms with Crippen molar-refractivity contribution in [3.63, 3.8) is 0 Å². The number of aliphatic hydroxyl groups excluding tert-OH is 1. The van der Waals surface area contributed by atoms with E-state index in [0.29, 0.717) is 6.54 Å². The van der Waals surface area contributed by atoms with Crippen molar-refractivity contribution in [1.82, 2.24) is 20.0 Å². The van der Waals surface area contributed by atoms with E-state index in [1.165, 1.54) is 12.8 Å². The highest BCUT2D eigenvalue weighted by molar-refractivity contribution is 5.90. The summed E-state index contributed by atoms with van der Waals surface area (Å²) in [7, 11) is 0. The van der Waals surface area contributed by atoms with Crippen molar-refractivity contribution >= 4 is 11.7 Å². The van der Waals surface area contributed by atoms with E-state index in [1.54, 1.807) is 0 Å². The summed E-state index contributed by atoms with van der Waals surface area (Å²) in [5.74, 6) is 0.776. The normalized spacial score (nSPS) is 17.7. The minimum Gasteiger partial charge on any atom is -0.390 e. The van der Waals surface area contributed by atoms with Gasteiger partial charge in [-0.15, -0.1) is 0 Å². The fourth-order valence-electron chi connectivity index (χ4n) is 3.16. The van der Waals surface area contributed by atoms with Gasteiger partial charge < -0.3 is 20.6 Å². The number of nitrogens with one attached hydrogen (secondary N) is 2. The van der Waals surface area contributed by atoms with Crippen molar-refractivity contribution in [3.8, 4) is 0 Å². The predicted octanol–water partition coefficient (Wildman–Crippen LogP) is 1.73. The van der Waals surface area contributed by atoms with Crippen LogP contribution in [-0.2, 0) is 6.54 Å². The molecule has 136 valence electrons. The Morgan fingerprint density at radius 3 is 2.62 bits per heavy atom. The quantitative estimate of drug-likeness (QED) is 0.738. The molecule has 1 aromatic heterocycles. The molecular formula is C17H31N5O2. The molecule has 3 N–H and O–H groups in total. The first kappa shape index (κ1) is 18.7. The number of likely N-dealkylation sites (tertiary alicyclic amines) is 1. The predicted molar refractivity (Wildman–Crippen MR) is 95.2 cm³/mol. The standard InChI is InChI=1S/C17H31N5O2/c1-5-22-14(4)16(13(3)20-22)19-17(24)18-10-15(23)11-21-8-6-12(2)7-9-21/h12,15,23H,5-11H2,1-4H3,(H2,18,19,24). The lowest BCUT2D eigenvalue weighted by atomic mass is 9.99. The number of aryl methyl sites for hydroxylation is 2. The van der Waals surface area contributed by atoms with Crippen molar-refractivity contribution in [2.45, 2.75) is 53.2 Å². The van der Waals surface area contributed by atoms with Crippen molar-refractivity contribution < 1.29 is 9.90 Å². The van der Waals surface area contributed by atoms with Gasteiger partial charge >= 0.3 is 6.03 Å². The first-order valence-corrected chi connectivity index (χ1v) is 8.90. The molecule has 2 heterocycles. The van der Waals surface area contributed by atoms with Crippen molar-refractivity contribution in [1.29, 1.82) is 0 Å². The maximum absolute atomic E-state index is 12.1. The largest absolute Gasteiger partial charge is 0.390 e. The van der Waals surface area contributed by atoms with Crippen LogP contribution in [0.3, 0.4) is 0 Å². The fourth-order valence-corrected chi connectivity index (χ4v) is 3.16. The highest BCUT2D eigenvalue weighted by atomic mass is 16.3. The molecule has 7 nitrogen and oxygen atoms in total. The van der Waals surface area contributed by atoms with Crippen LogP contribution in [0, 0.1) is 19.8 Å². The summed E-state index contributed by atoms with van der Waals surface area (Å²) in [6.07, 6.45) is 1.81. The number of rotatable bonds is 6. The minimum atomic E-state index is -0.551. The molecule has 1 aliphatic rings. The molecule has 1 aromatic rings. The average Bonchev–Trinajstić information content (AvgIpc) is 2.82. The Balaban J connectivity index is 1.75. The zero-order chi connectivity index (χ0) is 17.7. The number of aliphatic hydroxyl groups is 1. The minimum absolute atomic E-state index is 0.248. The molecule has 0 radical (unpaired) electrons. The number of nitrogens with zero attached hydrogens (tertiary/aromatic N) is 3. The van der Waals surface area contributed by atoms with Crippen LogP contribution in [0.2, 0.25) is 0 Å². The number of urea groups is 1. The van der Waals surface area contributed by atoms with Crippen LogP contribution in [0.1, 0.15) is 38.1 Å². The van der Waals surface area contributed by atoms with E-state index in [2.05, 4.69) is 27.6 Å². The van der Waals surface area contributed by atoms with E-state index in [1.807, 2.05) is 25.5 Å². The van der Waals surface area contributed by atoms with E-state index >= 15 is 0 Å². The lowest BCUT2D eigenvalue weighted by Crippen LogP contribution is -2.43. The number of hydrogen-bond acceptors (Lipinski definition) is 4. The summed E-state index contributed by atoms with van der Waals surface area (Å²) in [6.45, 7) is 11.8. The van der Waals surface area contributed by atoms with Gasteiger partial charge in [0.2, 0.25) is 0 Å². The van der Waals surface area contributed by atoms with E-state index in [9.17, 15) is 9.90 Å². The third-order valence-electron chi connectivity index (χ3n) is 4.76. The lowest BCUT2D eigenvalue weighted by molar-refractivity contribution is 0.0924. The number of aromatic nitrogens is 2. The summed E-state index contributed by atoms with van der Waals surface area (Å²) in [5, 5.41) is 20.1. The Kier molecular flexibility index (Phi) is 6.62. The van der Waals surface area contributed by atoms with Gasteiger partial charge in [-0.3, -0.25) is 4.68 Å². The van der Waals surface area contributed by atoms with E-state index in [4.69, 9.17) is 0 Å². The molecule has 0 spiro atoms. The highest BCUT2D eigenvalue weighted by Crippen LogP contribution is 2.19. The second kappa shape index (κ2) is 8.48. The molecule has 1 fully saturated rings. The molecule has 0 bridgehead atoms. The summed E-state index contributed by atoms with van der Waals surface area (Å²) in [5.41, 5.74) is 2.48. The molecule has 0 aliphatic carbocycles. The number of hydrogen-bond donors (Lipinski definition) is 3. The Morgan fingerprint density at radius 1 is 1.38 bits per heavy atom. The van der Waals surface area contributed by atoms with Gasteiger partial charge in [0.1, 0.15) is 0 Å². The van der Waals surface area contributed by atoms with Gasteiger partial charge in [-0.25, -0.2) is 4.79 Å².